The van der Waals surface area contributed by atoms with Crippen molar-refractivity contribution in [2.45, 2.75) is 26.4 Å². The van der Waals surface area contributed by atoms with E-state index in [2.05, 4.69) is 5.32 Å². The van der Waals surface area contributed by atoms with Crippen LogP contribution in [0.3, 0.4) is 0 Å². The van der Waals surface area contributed by atoms with Gasteiger partial charge in [0.25, 0.3) is 0 Å². The summed E-state index contributed by atoms with van der Waals surface area (Å²) in [5, 5.41) is 11.8. The molecule has 2 N–H and O–H groups in total. The van der Waals surface area contributed by atoms with Gasteiger partial charge in [0.1, 0.15) is 0 Å². The molecule has 114 valence electrons. The van der Waals surface area contributed by atoms with E-state index in [0.29, 0.717) is 32.8 Å². The quantitative estimate of drug-likeness (QED) is 0.784. The second-order valence-corrected chi connectivity index (χ2v) is 4.93. The van der Waals surface area contributed by atoms with E-state index in [4.69, 9.17) is 9.84 Å². The highest BCUT2D eigenvalue weighted by Gasteiger charge is 2.23. The largest absolute Gasteiger partial charge is 0.478 e. The molecule has 21 heavy (non-hydrogen) atoms. The third kappa shape index (κ3) is 3.95. The zero-order valence-corrected chi connectivity index (χ0v) is 12.1. The lowest BCUT2D eigenvalue weighted by Crippen LogP contribution is -2.37. The van der Waals surface area contributed by atoms with Gasteiger partial charge >= 0.3 is 12.0 Å². The Bertz CT molecular complexity index is 530. The molecule has 1 aromatic rings. The summed E-state index contributed by atoms with van der Waals surface area (Å²) < 4.78 is 5.21. The molecule has 0 bridgehead atoms. The number of urea groups is 1. The number of nitrogens with zero attached hydrogens (tertiary/aromatic N) is 1. The molecular formula is C15H20N2O4. The molecule has 0 atom stereocenters. The monoisotopic (exact) mass is 292 g/mol. The molecule has 1 heterocycles. The maximum atomic E-state index is 12.0. The SMILES string of the molecule is CCOCCCNC(=O)N1Cc2ccc(C(=O)O)cc2C1. The van der Waals surface area contributed by atoms with Crippen molar-refractivity contribution in [3.05, 3.63) is 34.9 Å². The van der Waals surface area contributed by atoms with Gasteiger partial charge in [-0.3, -0.25) is 0 Å². The van der Waals surface area contributed by atoms with E-state index >= 15 is 0 Å². The Balaban J connectivity index is 1.84. The molecule has 0 fully saturated rings. The zero-order valence-electron chi connectivity index (χ0n) is 12.1. The average Bonchev–Trinajstić information content (AvgIpc) is 2.89. The Kier molecular flexibility index (Phi) is 5.16. The first-order chi connectivity index (χ1) is 10.1. The van der Waals surface area contributed by atoms with Crippen molar-refractivity contribution >= 4 is 12.0 Å². The maximum absolute atomic E-state index is 12.0. The Morgan fingerprint density at radius 2 is 2.10 bits per heavy atom. The van der Waals surface area contributed by atoms with Gasteiger partial charge in [0.05, 0.1) is 5.56 Å². The molecule has 0 spiro atoms. The molecule has 0 aromatic heterocycles. The molecule has 0 saturated heterocycles. The molecule has 0 aliphatic carbocycles. The molecule has 6 nitrogen and oxygen atoms in total. The molecule has 1 aliphatic heterocycles. The average molecular weight is 292 g/mol. The van der Waals surface area contributed by atoms with Crippen molar-refractivity contribution in [1.29, 1.82) is 0 Å². The highest BCUT2D eigenvalue weighted by atomic mass is 16.5. The van der Waals surface area contributed by atoms with Crippen molar-refractivity contribution in [2.24, 2.45) is 0 Å². The van der Waals surface area contributed by atoms with Gasteiger partial charge in [0.15, 0.2) is 0 Å². The minimum atomic E-state index is -0.948. The highest BCUT2D eigenvalue weighted by Crippen LogP contribution is 2.23. The minimum absolute atomic E-state index is 0.125. The fourth-order valence-electron chi connectivity index (χ4n) is 2.30. The van der Waals surface area contributed by atoms with E-state index in [-0.39, 0.29) is 11.6 Å². The van der Waals surface area contributed by atoms with Crippen molar-refractivity contribution in [1.82, 2.24) is 10.2 Å². The van der Waals surface area contributed by atoms with Crippen LogP contribution < -0.4 is 5.32 Å². The van der Waals surface area contributed by atoms with Crippen LogP contribution in [0.15, 0.2) is 18.2 Å². The summed E-state index contributed by atoms with van der Waals surface area (Å²) in [5.74, 6) is -0.948. The van der Waals surface area contributed by atoms with Gasteiger partial charge in [-0.05, 0) is 36.6 Å². The number of carboxylic acids is 1. The summed E-state index contributed by atoms with van der Waals surface area (Å²) in [6.07, 6.45) is 0.781. The lowest BCUT2D eigenvalue weighted by molar-refractivity contribution is 0.0696. The summed E-state index contributed by atoms with van der Waals surface area (Å²) in [6.45, 7) is 4.80. The van der Waals surface area contributed by atoms with Crippen LogP contribution in [0, 0.1) is 0 Å². The fourth-order valence-corrected chi connectivity index (χ4v) is 2.30. The number of rotatable bonds is 6. The minimum Gasteiger partial charge on any atom is -0.478 e. The van der Waals surface area contributed by atoms with Crippen LogP contribution in [0.2, 0.25) is 0 Å². The van der Waals surface area contributed by atoms with Crippen molar-refractivity contribution in [2.75, 3.05) is 19.8 Å². The predicted molar refractivity (Wildman–Crippen MR) is 77.2 cm³/mol. The molecule has 2 amide bonds. The number of fused-ring (bicyclic) bond motifs is 1. The number of carbonyl (C=O) groups is 2. The van der Waals surface area contributed by atoms with Gasteiger partial charge in [0.2, 0.25) is 0 Å². The van der Waals surface area contributed by atoms with Gasteiger partial charge in [-0.15, -0.1) is 0 Å². The van der Waals surface area contributed by atoms with Gasteiger partial charge in [-0.2, -0.15) is 0 Å². The topological polar surface area (TPSA) is 78.9 Å². The number of amides is 2. The second-order valence-electron chi connectivity index (χ2n) is 4.93. The van der Waals surface area contributed by atoms with Gasteiger partial charge in [-0.1, -0.05) is 6.07 Å². The van der Waals surface area contributed by atoms with Crippen LogP contribution in [0.25, 0.3) is 0 Å². The number of carboxylic acid groups (broad SMARTS) is 1. The van der Waals surface area contributed by atoms with E-state index in [1.54, 1.807) is 23.1 Å². The van der Waals surface area contributed by atoms with E-state index < -0.39 is 5.97 Å². The summed E-state index contributed by atoms with van der Waals surface area (Å²) in [5.41, 5.74) is 2.16. The number of nitrogens with one attached hydrogen (secondary N) is 1. The van der Waals surface area contributed by atoms with Crippen LogP contribution in [-0.4, -0.2) is 41.8 Å². The number of ether oxygens (including phenoxy) is 1. The van der Waals surface area contributed by atoms with Crippen LogP contribution in [0.1, 0.15) is 34.8 Å². The van der Waals surface area contributed by atoms with Crippen LogP contribution in [0.4, 0.5) is 4.79 Å². The number of aromatic carboxylic acids is 1. The Morgan fingerprint density at radius 3 is 2.81 bits per heavy atom. The molecule has 6 heteroatoms. The Hall–Kier alpha value is -2.08. The van der Waals surface area contributed by atoms with Crippen molar-refractivity contribution in [3.8, 4) is 0 Å². The van der Waals surface area contributed by atoms with E-state index in [0.717, 1.165) is 17.5 Å². The number of carbonyl (C=O) groups excluding carboxylic acids is 1. The summed E-state index contributed by atoms with van der Waals surface area (Å²) >= 11 is 0. The van der Waals surface area contributed by atoms with Crippen molar-refractivity contribution < 1.29 is 19.4 Å². The third-order valence-corrected chi connectivity index (χ3v) is 3.41. The van der Waals surface area contributed by atoms with Crippen molar-refractivity contribution in [3.63, 3.8) is 0 Å². The highest BCUT2D eigenvalue weighted by molar-refractivity contribution is 5.88. The number of benzene rings is 1. The summed E-state index contributed by atoms with van der Waals surface area (Å²) in [4.78, 5) is 24.6. The third-order valence-electron chi connectivity index (χ3n) is 3.41. The maximum Gasteiger partial charge on any atom is 0.335 e. The van der Waals surface area contributed by atoms with E-state index in [1.807, 2.05) is 6.92 Å². The Morgan fingerprint density at radius 1 is 1.33 bits per heavy atom. The molecule has 0 radical (unpaired) electrons. The Labute approximate surface area is 123 Å². The molecule has 1 aromatic carbocycles. The molecule has 1 aliphatic rings. The first-order valence-corrected chi connectivity index (χ1v) is 7.07. The molecule has 2 rings (SSSR count). The normalized spacial score (nSPS) is 13.1. The van der Waals surface area contributed by atoms with E-state index in [9.17, 15) is 9.59 Å². The van der Waals surface area contributed by atoms with Gasteiger partial charge in [-0.25, -0.2) is 9.59 Å². The smallest absolute Gasteiger partial charge is 0.335 e. The van der Waals surface area contributed by atoms with E-state index in [1.165, 1.54) is 0 Å². The predicted octanol–water partition coefficient (Wildman–Crippen LogP) is 1.84. The molecule has 0 unspecified atom stereocenters. The van der Waals surface area contributed by atoms with Crippen LogP contribution in [-0.2, 0) is 17.8 Å². The molecule has 0 saturated carbocycles. The first kappa shape index (κ1) is 15.3. The van der Waals surface area contributed by atoms with Crippen LogP contribution in [0.5, 0.6) is 0 Å². The second kappa shape index (κ2) is 7.08. The summed E-state index contributed by atoms with van der Waals surface area (Å²) in [6, 6.07) is 4.87. The standard InChI is InChI=1S/C15H20N2O4/c1-2-21-7-3-6-16-15(20)17-9-12-5-4-11(14(18)19)8-13(12)10-17/h4-5,8H,2-3,6-7,9-10H2,1H3,(H,16,20)(H,18,19). The first-order valence-electron chi connectivity index (χ1n) is 7.07. The lowest BCUT2D eigenvalue weighted by Gasteiger charge is -2.16. The van der Waals surface area contributed by atoms with Gasteiger partial charge < -0.3 is 20.1 Å². The number of hydrogen-bond acceptors (Lipinski definition) is 3. The molecular weight excluding hydrogens is 272 g/mol. The fraction of sp³-hybridized carbons (Fsp3) is 0.467. The van der Waals surface area contributed by atoms with Gasteiger partial charge in [0, 0.05) is 32.8 Å². The summed E-state index contributed by atoms with van der Waals surface area (Å²) in [7, 11) is 0. The number of hydrogen-bond donors (Lipinski definition) is 2. The zero-order chi connectivity index (χ0) is 15.2. The lowest BCUT2D eigenvalue weighted by atomic mass is 10.1. The van der Waals surface area contributed by atoms with Crippen LogP contribution >= 0.6 is 0 Å².